The number of phenolic OH excluding ortho intramolecular Hbond substituents is 1. The van der Waals surface area contributed by atoms with Gasteiger partial charge in [-0.2, -0.15) is 0 Å². The summed E-state index contributed by atoms with van der Waals surface area (Å²) in [6.07, 6.45) is 0. The Morgan fingerprint density at radius 1 is 1.10 bits per heavy atom. The van der Waals surface area contributed by atoms with E-state index in [4.69, 9.17) is 34.8 Å². The van der Waals surface area contributed by atoms with Crippen LogP contribution in [0.15, 0.2) is 18.2 Å². The van der Waals surface area contributed by atoms with Gasteiger partial charge >= 0.3 is 0 Å². The fourth-order valence-electron chi connectivity index (χ4n) is 1.91. The van der Waals surface area contributed by atoms with Crippen molar-refractivity contribution in [2.24, 2.45) is 0 Å². The topological polar surface area (TPSA) is 61.8 Å². The number of benzene rings is 1. The van der Waals surface area contributed by atoms with Crippen LogP contribution in [-0.2, 0) is 0 Å². The Bertz CT molecular complexity index is 803. The lowest BCUT2D eigenvalue weighted by Gasteiger charge is -2.07. The highest BCUT2D eigenvalue weighted by molar-refractivity contribution is 6.45. The number of aromatic hydroxyl groups is 1. The highest BCUT2D eigenvalue weighted by Crippen LogP contribution is 2.43. The summed E-state index contributed by atoms with van der Waals surface area (Å²) in [7, 11) is 0. The molecule has 102 valence electrons. The fraction of sp³-hybridized carbons (Fsp3) is 0.0769. The molecule has 0 aliphatic heterocycles. The third-order valence-electron chi connectivity index (χ3n) is 2.87. The molecule has 4 nitrogen and oxygen atoms in total. The normalized spacial score (nSPS) is 11.2. The highest BCUT2D eigenvalue weighted by atomic mass is 35.5. The molecule has 2 aromatic heterocycles. The predicted octanol–water partition coefficient (Wildman–Crippen LogP) is 4.60. The molecule has 0 aliphatic carbocycles. The number of imidazole rings is 1. The van der Waals surface area contributed by atoms with Gasteiger partial charge in [0.2, 0.25) is 0 Å². The molecule has 0 unspecified atom stereocenters. The Hall–Kier alpha value is -1.49. The molecule has 0 saturated carbocycles. The molecule has 7 heteroatoms. The van der Waals surface area contributed by atoms with E-state index in [9.17, 15) is 5.11 Å². The summed E-state index contributed by atoms with van der Waals surface area (Å²) in [5, 5.41) is 10.6. The summed E-state index contributed by atoms with van der Waals surface area (Å²) in [6.45, 7) is 1.87. The first-order chi connectivity index (χ1) is 9.47. The van der Waals surface area contributed by atoms with Crippen LogP contribution in [0.5, 0.6) is 5.75 Å². The van der Waals surface area contributed by atoms with Crippen molar-refractivity contribution in [1.82, 2.24) is 15.0 Å². The number of hydrogen-bond acceptors (Lipinski definition) is 3. The van der Waals surface area contributed by atoms with Crippen molar-refractivity contribution in [3.63, 3.8) is 0 Å². The number of nitrogens with zero attached hydrogens (tertiary/aromatic N) is 2. The van der Waals surface area contributed by atoms with E-state index in [1.54, 1.807) is 0 Å². The number of aromatic nitrogens is 3. The minimum atomic E-state index is -0.170. The molecule has 0 bridgehead atoms. The van der Waals surface area contributed by atoms with Crippen LogP contribution in [0.2, 0.25) is 15.1 Å². The number of hydrogen-bond donors (Lipinski definition) is 2. The number of phenols is 1. The molecule has 20 heavy (non-hydrogen) atoms. The van der Waals surface area contributed by atoms with Crippen LogP contribution in [0, 0.1) is 6.92 Å². The van der Waals surface area contributed by atoms with E-state index in [-0.39, 0.29) is 26.4 Å². The van der Waals surface area contributed by atoms with Gasteiger partial charge in [-0.1, -0.05) is 34.8 Å². The first-order valence-corrected chi connectivity index (χ1v) is 6.81. The fourth-order valence-corrected chi connectivity index (χ4v) is 2.60. The Balaban J connectivity index is 2.30. The second kappa shape index (κ2) is 4.81. The van der Waals surface area contributed by atoms with E-state index in [2.05, 4.69) is 15.0 Å². The lowest BCUT2D eigenvalue weighted by Crippen LogP contribution is -1.86. The van der Waals surface area contributed by atoms with Crippen LogP contribution in [-0.4, -0.2) is 20.1 Å². The number of aromatic amines is 1. The molecule has 0 fully saturated rings. The zero-order valence-electron chi connectivity index (χ0n) is 10.2. The summed E-state index contributed by atoms with van der Waals surface area (Å²) in [6, 6.07) is 5.09. The van der Waals surface area contributed by atoms with Gasteiger partial charge in [0, 0.05) is 5.69 Å². The van der Waals surface area contributed by atoms with Crippen molar-refractivity contribution in [1.29, 1.82) is 0 Å². The van der Waals surface area contributed by atoms with Crippen LogP contribution in [0.25, 0.3) is 22.6 Å². The largest absolute Gasteiger partial charge is 0.506 e. The van der Waals surface area contributed by atoms with E-state index in [0.29, 0.717) is 11.5 Å². The van der Waals surface area contributed by atoms with Crippen LogP contribution < -0.4 is 0 Å². The minimum Gasteiger partial charge on any atom is -0.506 e. The first-order valence-electron chi connectivity index (χ1n) is 5.67. The molecule has 3 rings (SSSR count). The van der Waals surface area contributed by atoms with E-state index in [1.807, 2.05) is 19.1 Å². The first kappa shape index (κ1) is 13.5. The maximum atomic E-state index is 10.1. The van der Waals surface area contributed by atoms with Gasteiger partial charge in [-0.15, -0.1) is 0 Å². The monoisotopic (exact) mass is 327 g/mol. The number of pyridine rings is 1. The molecule has 3 aromatic rings. The third kappa shape index (κ3) is 2.10. The molecule has 0 saturated heterocycles. The van der Waals surface area contributed by atoms with Gasteiger partial charge in [-0.05, 0) is 25.1 Å². The molecular formula is C13H8Cl3N3O. The molecule has 1 aromatic carbocycles. The number of halogens is 3. The molecule has 0 radical (unpaired) electrons. The van der Waals surface area contributed by atoms with Crippen molar-refractivity contribution in [2.45, 2.75) is 6.92 Å². The lowest BCUT2D eigenvalue weighted by atomic mass is 10.2. The van der Waals surface area contributed by atoms with Crippen molar-refractivity contribution in [2.75, 3.05) is 0 Å². The molecule has 0 amide bonds. The third-order valence-corrected chi connectivity index (χ3v) is 3.94. The van der Waals surface area contributed by atoms with Gasteiger partial charge in [-0.25, -0.2) is 9.97 Å². The van der Waals surface area contributed by atoms with E-state index >= 15 is 0 Å². The standard InChI is InChI=1S/C13H8Cl3N3O/c1-5-2-3-8-12(17-5)19-13(18-8)9-10(16)6(14)4-7(15)11(9)20/h2-4,20H,1H3,(H,17,18,19). The van der Waals surface area contributed by atoms with Gasteiger partial charge in [-0.3, -0.25) is 0 Å². The predicted molar refractivity (Wildman–Crippen MR) is 80.8 cm³/mol. The molecule has 0 aliphatic rings. The number of H-pyrrole nitrogens is 1. The number of aryl methyl sites for hydroxylation is 1. The van der Waals surface area contributed by atoms with Gasteiger partial charge in [0.25, 0.3) is 0 Å². The van der Waals surface area contributed by atoms with Crippen LogP contribution >= 0.6 is 34.8 Å². The van der Waals surface area contributed by atoms with Crippen LogP contribution in [0.3, 0.4) is 0 Å². The zero-order valence-corrected chi connectivity index (χ0v) is 12.5. The maximum Gasteiger partial charge on any atom is 0.178 e. The lowest BCUT2D eigenvalue weighted by molar-refractivity contribution is 0.477. The molecular weight excluding hydrogens is 321 g/mol. The van der Waals surface area contributed by atoms with E-state index in [0.717, 1.165) is 11.2 Å². The second-order valence-corrected chi connectivity index (χ2v) is 5.48. The molecule has 2 heterocycles. The Labute approximate surface area is 129 Å². The second-order valence-electron chi connectivity index (χ2n) is 4.29. The van der Waals surface area contributed by atoms with Gasteiger partial charge in [0.1, 0.15) is 11.6 Å². The quantitative estimate of drug-likeness (QED) is 0.642. The average molecular weight is 329 g/mol. The summed E-state index contributed by atoms with van der Waals surface area (Å²) in [5.41, 5.74) is 2.37. The molecule has 2 N–H and O–H groups in total. The van der Waals surface area contributed by atoms with Crippen LogP contribution in [0.1, 0.15) is 5.69 Å². The molecule has 0 spiro atoms. The van der Waals surface area contributed by atoms with Crippen molar-refractivity contribution in [3.8, 4) is 17.1 Å². The van der Waals surface area contributed by atoms with Gasteiger partial charge < -0.3 is 10.1 Å². The van der Waals surface area contributed by atoms with Crippen molar-refractivity contribution >= 4 is 46.0 Å². The number of rotatable bonds is 1. The van der Waals surface area contributed by atoms with Gasteiger partial charge in [0.05, 0.1) is 26.1 Å². The summed E-state index contributed by atoms with van der Waals surface area (Å²) >= 11 is 18.0. The van der Waals surface area contributed by atoms with Crippen molar-refractivity contribution in [3.05, 3.63) is 39.0 Å². The summed E-state index contributed by atoms with van der Waals surface area (Å²) < 4.78 is 0. The Morgan fingerprint density at radius 3 is 2.60 bits per heavy atom. The minimum absolute atomic E-state index is 0.110. The smallest absolute Gasteiger partial charge is 0.178 e. The van der Waals surface area contributed by atoms with Crippen molar-refractivity contribution < 1.29 is 5.11 Å². The van der Waals surface area contributed by atoms with Crippen LogP contribution in [0.4, 0.5) is 0 Å². The number of nitrogens with one attached hydrogen (secondary N) is 1. The maximum absolute atomic E-state index is 10.1. The van der Waals surface area contributed by atoms with Gasteiger partial charge in [0.15, 0.2) is 5.65 Å². The Morgan fingerprint density at radius 2 is 1.85 bits per heavy atom. The molecule has 0 atom stereocenters. The SMILES string of the molecule is Cc1ccc2[nH]c(-c3c(O)c(Cl)cc(Cl)c3Cl)nc2n1. The average Bonchev–Trinajstić information content (AvgIpc) is 2.79. The highest BCUT2D eigenvalue weighted by Gasteiger charge is 2.19. The summed E-state index contributed by atoms with van der Waals surface area (Å²) in [5.74, 6) is 0.196. The Kier molecular flexibility index (Phi) is 3.24. The number of fused-ring (bicyclic) bond motifs is 1. The van der Waals surface area contributed by atoms with E-state index < -0.39 is 0 Å². The van der Waals surface area contributed by atoms with E-state index in [1.165, 1.54) is 6.07 Å². The zero-order chi connectivity index (χ0) is 14.4. The summed E-state index contributed by atoms with van der Waals surface area (Å²) in [4.78, 5) is 11.7.